The molecule has 2 N–H and O–H groups in total. The van der Waals surface area contributed by atoms with Gasteiger partial charge in [-0.1, -0.05) is 0 Å². The van der Waals surface area contributed by atoms with Gasteiger partial charge in [-0.25, -0.2) is 5.43 Å². The van der Waals surface area contributed by atoms with E-state index in [9.17, 15) is 0 Å². The highest BCUT2D eigenvalue weighted by molar-refractivity contribution is 5.10. The maximum Gasteiger partial charge on any atom is 0.0586 e. The van der Waals surface area contributed by atoms with Crippen LogP contribution in [0, 0.1) is 0 Å². The summed E-state index contributed by atoms with van der Waals surface area (Å²) in [7, 11) is 3.92. The largest absolute Gasteiger partial charge is 0.353 e. The molecule has 3 nitrogen and oxygen atoms in total. The molecule has 0 radical (unpaired) electrons. The van der Waals surface area contributed by atoms with Crippen molar-refractivity contribution in [2.24, 2.45) is 7.05 Å². The zero-order valence-corrected chi connectivity index (χ0v) is 7.26. The Hall–Kier alpha value is -0.800. The first kappa shape index (κ1) is 8.30. The lowest BCUT2D eigenvalue weighted by Crippen LogP contribution is -2.31. The third-order valence-corrected chi connectivity index (χ3v) is 1.79. The zero-order chi connectivity index (χ0) is 8.27. The number of aromatic nitrogens is 1. The Bertz CT molecular complexity index is 217. The van der Waals surface area contributed by atoms with Crippen LogP contribution in [0.15, 0.2) is 18.3 Å². The summed E-state index contributed by atoms with van der Waals surface area (Å²) in [4.78, 5) is 0. The molecule has 0 amide bonds. The quantitative estimate of drug-likeness (QED) is 0.629. The van der Waals surface area contributed by atoms with E-state index in [4.69, 9.17) is 0 Å². The average molecular weight is 153 g/mol. The van der Waals surface area contributed by atoms with Crippen molar-refractivity contribution in [1.29, 1.82) is 0 Å². The van der Waals surface area contributed by atoms with E-state index in [1.54, 1.807) is 0 Å². The standard InChI is InChI=1S/C8H15N3/c1-7(10-9-2)8-5-4-6-11(8)3/h4-7,9-10H,1-3H3/t7-/m1/s1. The van der Waals surface area contributed by atoms with Crippen molar-refractivity contribution >= 4 is 0 Å². The van der Waals surface area contributed by atoms with Crippen LogP contribution >= 0.6 is 0 Å². The number of nitrogens with zero attached hydrogens (tertiary/aromatic N) is 1. The Balaban J connectivity index is 2.67. The number of hydrogen-bond acceptors (Lipinski definition) is 2. The minimum Gasteiger partial charge on any atom is -0.353 e. The number of aryl methyl sites for hydroxylation is 1. The van der Waals surface area contributed by atoms with Crippen molar-refractivity contribution in [2.75, 3.05) is 7.05 Å². The molecule has 0 saturated carbocycles. The van der Waals surface area contributed by atoms with Crippen LogP contribution in [-0.4, -0.2) is 11.6 Å². The normalized spacial score (nSPS) is 13.4. The average Bonchev–Trinajstić information content (AvgIpc) is 2.36. The fourth-order valence-corrected chi connectivity index (χ4v) is 1.21. The van der Waals surface area contributed by atoms with E-state index in [0.717, 1.165) is 0 Å². The van der Waals surface area contributed by atoms with Gasteiger partial charge < -0.3 is 4.57 Å². The Kier molecular flexibility index (Phi) is 2.68. The summed E-state index contributed by atoms with van der Waals surface area (Å²) in [6.07, 6.45) is 2.04. The van der Waals surface area contributed by atoms with Crippen LogP contribution in [0.3, 0.4) is 0 Å². The third-order valence-electron chi connectivity index (χ3n) is 1.79. The summed E-state index contributed by atoms with van der Waals surface area (Å²) >= 11 is 0. The number of nitrogens with one attached hydrogen (secondary N) is 2. The van der Waals surface area contributed by atoms with Crippen LogP contribution in [0.5, 0.6) is 0 Å². The monoisotopic (exact) mass is 153 g/mol. The molecule has 0 aromatic carbocycles. The van der Waals surface area contributed by atoms with Crippen LogP contribution in [0.25, 0.3) is 0 Å². The van der Waals surface area contributed by atoms with E-state index in [2.05, 4.69) is 28.4 Å². The molecule has 1 aromatic heterocycles. The maximum absolute atomic E-state index is 3.12. The molecule has 3 heteroatoms. The third kappa shape index (κ3) is 1.82. The molecule has 0 unspecified atom stereocenters. The molecule has 0 bridgehead atoms. The second-order valence-electron chi connectivity index (χ2n) is 2.66. The number of rotatable bonds is 3. The fourth-order valence-electron chi connectivity index (χ4n) is 1.21. The predicted molar refractivity (Wildman–Crippen MR) is 46.0 cm³/mol. The van der Waals surface area contributed by atoms with E-state index in [1.165, 1.54) is 5.69 Å². The van der Waals surface area contributed by atoms with Gasteiger partial charge in [0.15, 0.2) is 0 Å². The molecule has 0 aliphatic heterocycles. The van der Waals surface area contributed by atoms with Gasteiger partial charge in [0.2, 0.25) is 0 Å². The Morgan fingerprint density at radius 1 is 1.55 bits per heavy atom. The van der Waals surface area contributed by atoms with Gasteiger partial charge in [-0.2, -0.15) is 0 Å². The van der Waals surface area contributed by atoms with Gasteiger partial charge in [-0.3, -0.25) is 5.43 Å². The molecule has 62 valence electrons. The number of hydrazine groups is 1. The lowest BCUT2D eigenvalue weighted by molar-refractivity contribution is 0.485. The smallest absolute Gasteiger partial charge is 0.0586 e. The minimum absolute atomic E-state index is 0.347. The second-order valence-corrected chi connectivity index (χ2v) is 2.66. The predicted octanol–water partition coefficient (Wildman–Crippen LogP) is 0.810. The van der Waals surface area contributed by atoms with Crippen molar-refractivity contribution in [3.63, 3.8) is 0 Å². The molecule has 1 atom stereocenters. The summed E-state index contributed by atoms with van der Waals surface area (Å²) in [6.45, 7) is 2.12. The molecule has 0 saturated heterocycles. The van der Waals surface area contributed by atoms with E-state index in [0.29, 0.717) is 6.04 Å². The van der Waals surface area contributed by atoms with Gasteiger partial charge in [0.05, 0.1) is 6.04 Å². The maximum atomic E-state index is 3.12. The molecular weight excluding hydrogens is 138 g/mol. The lowest BCUT2D eigenvalue weighted by Gasteiger charge is -2.13. The molecule has 1 aromatic rings. The first-order valence-corrected chi connectivity index (χ1v) is 3.79. The van der Waals surface area contributed by atoms with Crippen LogP contribution in [0.2, 0.25) is 0 Å². The topological polar surface area (TPSA) is 29.0 Å². The molecular formula is C8H15N3. The Morgan fingerprint density at radius 2 is 2.27 bits per heavy atom. The highest BCUT2D eigenvalue weighted by Crippen LogP contribution is 2.09. The molecule has 11 heavy (non-hydrogen) atoms. The molecule has 0 aliphatic carbocycles. The van der Waals surface area contributed by atoms with Gasteiger partial charge in [-0.05, 0) is 26.1 Å². The van der Waals surface area contributed by atoms with Gasteiger partial charge in [0, 0.05) is 18.9 Å². The fraction of sp³-hybridized carbons (Fsp3) is 0.500. The van der Waals surface area contributed by atoms with E-state index >= 15 is 0 Å². The van der Waals surface area contributed by atoms with Crippen molar-refractivity contribution < 1.29 is 0 Å². The van der Waals surface area contributed by atoms with Crippen LogP contribution in [0.4, 0.5) is 0 Å². The highest BCUT2D eigenvalue weighted by Gasteiger charge is 2.04. The summed E-state index contributed by atoms with van der Waals surface area (Å²) in [5.41, 5.74) is 7.31. The minimum atomic E-state index is 0.347. The zero-order valence-electron chi connectivity index (χ0n) is 7.26. The van der Waals surface area contributed by atoms with E-state index < -0.39 is 0 Å². The summed E-state index contributed by atoms with van der Waals surface area (Å²) < 4.78 is 2.11. The van der Waals surface area contributed by atoms with Crippen LogP contribution in [-0.2, 0) is 7.05 Å². The summed E-state index contributed by atoms with van der Waals surface area (Å²) in [6, 6.07) is 4.50. The van der Waals surface area contributed by atoms with Gasteiger partial charge in [-0.15, -0.1) is 0 Å². The number of hydrogen-bond donors (Lipinski definition) is 2. The van der Waals surface area contributed by atoms with Crippen LogP contribution < -0.4 is 10.9 Å². The van der Waals surface area contributed by atoms with Crippen molar-refractivity contribution in [1.82, 2.24) is 15.4 Å². The molecule has 0 aliphatic rings. The SMILES string of the molecule is CNN[C@H](C)c1cccn1C. The molecule has 0 spiro atoms. The Labute approximate surface area is 67.4 Å². The first-order valence-electron chi connectivity index (χ1n) is 3.79. The van der Waals surface area contributed by atoms with Crippen molar-refractivity contribution in [2.45, 2.75) is 13.0 Å². The Morgan fingerprint density at radius 3 is 2.73 bits per heavy atom. The molecule has 1 rings (SSSR count). The lowest BCUT2D eigenvalue weighted by atomic mass is 10.2. The van der Waals surface area contributed by atoms with Crippen molar-refractivity contribution in [3.8, 4) is 0 Å². The van der Waals surface area contributed by atoms with Crippen molar-refractivity contribution in [3.05, 3.63) is 24.0 Å². The van der Waals surface area contributed by atoms with Gasteiger partial charge >= 0.3 is 0 Å². The highest BCUT2D eigenvalue weighted by atomic mass is 15.4. The van der Waals surface area contributed by atoms with E-state index in [1.807, 2.05) is 26.4 Å². The molecule has 0 fully saturated rings. The summed E-state index contributed by atoms with van der Waals surface area (Å²) in [5.74, 6) is 0. The van der Waals surface area contributed by atoms with E-state index in [-0.39, 0.29) is 0 Å². The molecule has 1 heterocycles. The first-order chi connectivity index (χ1) is 5.25. The summed E-state index contributed by atoms with van der Waals surface area (Å²) in [5, 5.41) is 0. The van der Waals surface area contributed by atoms with Crippen LogP contribution in [0.1, 0.15) is 18.7 Å². The second kappa shape index (κ2) is 3.55. The van der Waals surface area contributed by atoms with Gasteiger partial charge in [0.1, 0.15) is 0 Å². The van der Waals surface area contributed by atoms with Gasteiger partial charge in [0.25, 0.3) is 0 Å².